The number of nitrogens with zero attached hydrogens (tertiary/aromatic N) is 3. The molecular weight excluding hydrogens is 380 g/mol. The van der Waals surface area contributed by atoms with Gasteiger partial charge in [-0.25, -0.2) is 0 Å². The van der Waals surface area contributed by atoms with Gasteiger partial charge in [0.1, 0.15) is 5.52 Å². The van der Waals surface area contributed by atoms with Crippen molar-refractivity contribution in [2.45, 2.75) is 6.92 Å². The van der Waals surface area contributed by atoms with E-state index >= 15 is 0 Å². The lowest BCUT2D eigenvalue weighted by Gasteiger charge is -2.36. The van der Waals surface area contributed by atoms with Gasteiger partial charge in [-0.1, -0.05) is 36.3 Å². The van der Waals surface area contributed by atoms with E-state index in [2.05, 4.69) is 33.3 Å². The number of carbonyl (C=O) groups is 1. The number of aromatic nitrogens is 1. The van der Waals surface area contributed by atoms with Crippen LogP contribution in [-0.4, -0.2) is 68.8 Å². The van der Waals surface area contributed by atoms with Crippen LogP contribution in [0.3, 0.4) is 0 Å². The number of fused-ring (bicyclic) bond motifs is 2. The maximum absolute atomic E-state index is 13.5. The van der Waals surface area contributed by atoms with Crippen LogP contribution in [0.2, 0.25) is 0 Å². The van der Waals surface area contributed by atoms with Crippen molar-refractivity contribution in [3.05, 3.63) is 41.5 Å². The number of carbonyl (C=O) groups excluding carboxylic acids is 1. The fraction of sp³-hybridized carbons (Fsp3) is 0.391. The van der Waals surface area contributed by atoms with Crippen LogP contribution in [0.4, 0.5) is 11.4 Å². The second-order valence-corrected chi connectivity index (χ2v) is 7.77. The van der Waals surface area contributed by atoms with Crippen LogP contribution in [0.1, 0.15) is 22.8 Å². The summed E-state index contributed by atoms with van der Waals surface area (Å²) in [4.78, 5) is 18.2. The highest BCUT2D eigenvalue weighted by Crippen LogP contribution is 2.45. The van der Waals surface area contributed by atoms with Gasteiger partial charge >= 0.3 is 0 Å². The Hall–Kier alpha value is -2.90. The summed E-state index contributed by atoms with van der Waals surface area (Å²) in [6.07, 6.45) is 0. The van der Waals surface area contributed by atoms with Crippen molar-refractivity contribution >= 4 is 28.1 Å². The van der Waals surface area contributed by atoms with Crippen LogP contribution < -0.4 is 10.2 Å². The van der Waals surface area contributed by atoms with Gasteiger partial charge in [-0.3, -0.25) is 4.79 Å². The third-order valence-corrected chi connectivity index (χ3v) is 6.16. The van der Waals surface area contributed by atoms with Gasteiger partial charge in [0.25, 0.3) is 0 Å². The highest BCUT2D eigenvalue weighted by molar-refractivity contribution is 6.28. The van der Waals surface area contributed by atoms with Crippen molar-refractivity contribution in [1.29, 1.82) is 0 Å². The monoisotopic (exact) mass is 406 g/mol. The number of likely N-dealkylation sites (N-methyl/N-ethyl adjacent to an activating group) is 1. The summed E-state index contributed by atoms with van der Waals surface area (Å²) in [7, 11) is 1.67. The first-order valence-corrected chi connectivity index (χ1v) is 10.5. The van der Waals surface area contributed by atoms with Gasteiger partial charge < -0.3 is 24.4 Å². The van der Waals surface area contributed by atoms with Crippen LogP contribution in [-0.2, 0) is 4.74 Å². The molecule has 2 aliphatic rings. The van der Waals surface area contributed by atoms with E-state index in [9.17, 15) is 4.79 Å². The van der Waals surface area contributed by atoms with Crippen LogP contribution in [0.5, 0.6) is 0 Å². The number of piperazine rings is 1. The molecule has 0 bridgehead atoms. The van der Waals surface area contributed by atoms with E-state index in [4.69, 9.17) is 9.26 Å². The molecule has 1 fully saturated rings. The molecule has 0 radical (unpaired) electrons. The molecule has 0 atom stereocenters. The van der Waals surface area contributed by atoms with Gasteiger partial charge in [-0.05, 0) is 12.6 Å². The third-order valence-electron chi connectivity index (χ3n) is 6.16. The lowest BCUT2D eigenvalue weighted by atomic mass is 9.86. The van der Waals surface area contributed by atoms with Crippen molar-refractivity contribution in [2.24, 2.45) is 0 Å². The number of benzene rings is 2. The summed E-state index contributed by atoms with van der Waals surface area (Å²) < 4.78 is 11.0. The van der Waals surface area contributed by atoms with Gasteiger partial charge in [0.05, 0.1) is 23.2 Å². The van der Waals surface area contributed by atoms with Gasteiger partial charge in [0.2, 0.25) is 0 Å². The summed E-state index contributed by atoms with van der Waals surface area (Å²) >= 11 is 0. The van der Waals surface area contributed by atoms with Crippen LogP contribution in [0.25, 0.3) is 22.2 Å². The number of nitrogens with one attached hydrogen (secondary N) is 1. The number of anilines is 2. The second kappa shape index (κ2) is 7.74. The smallest absolute Gasteiger partial charge is 0.196 e. The quantitative estimate of drug-likeness (QED) is 0.493. The summed E-state index contributed by atoms with van der Waals surface area (Å²) in [5.74, 6) is 0.688. The normalized spacial score (nSPS) is 16.2. The van der Waals surface area contributed by atoms with Gasteiger partial charge in [-0.2, -0.15) is 0 Å². The third kappa shape index (κ3) is 2.97. The van der Waals surface area contributed by atoms with E-state index in [0.29, 0.717) is 30.0 Å². The molecule has 0 spiro atoms. The van der Waals surface area contributed by atoms with Crippen molar-refractivity contribution in [1.82, 2.24) is 10.1 Å². The molecule has 3 aromatic rings. The average molecular weight is 406 g/mol. The highest BCUT2D eigenvalue weighted by Gasteiger charge is 2.33. The molecule has 7 heteroatoms. The highest BCUT2D eigenvalue weighted by atomic mass is 16.5. The number of rotatable bonds is 6. The van der Waals surface area contributed by atoms with Gasteiger partial charge in [0.15, 0.2) is 11.5 Å². The molecule has 1 aromatic heterocycles. The molecule has 1 N–H and O–H groups in total. The summed E-state index contributed by atoms with van der Waals surface area (Å²) in [5.41, 5.74) is 4.72. The predicted octanol–water partition coefficient (Wildman–Crippen LogP) is 3.24. The Morgan fingerprint density at radius 2 is 1.93 bits per heavy atom. The summed E-state index contributed by atoms with van der Waals surface area (Å²) in [5, 5.41) is 8.67. The van der Waals surface area contributed by atoms with Crippen molar-refractivity contribution < 1.29 is 14.1 Å². The Morgan fingerprint density at radius 1 is 1.17 bits per heavy atom. The molecular formula is C23H26N4O3. The van der Waals surface area contributed by atoms with Crippen molar-refractivity contribution in [2.75, 3.05) is 63.2 Å². The van der Waals surface area contributed by atoms with Crippen LogP contribution in [0.15, 0.2) is 34.9 Å². The maximum Gasteiger partial charge on any atom is 0.196 e. The first-order valence-electron chi connectivity index (χ1n) is 10.5. The lowest BCUT2D eigenvalue weighted by Crippen LogP contribution is -2.46. The molecule has 0 unspecified atom stereocenters. The predicted molar refractivity (Wildman–Crippen MR) is 118 cm³/mol. The van der Waals surface area contributed by atoms with E-state index < -0.39 is 0 Å². The molecule has 1 aliphatic carbocycles. The van der Waals surface area contributed by atoms with E-state index in [0.717, 1.165) is 60.6 Å². The molecule has 1 saturated heterocycles. The Labute approximate surface area is 175 Å². The van der Waals surface area contributed by atoms with Crippen molar-refractivity contribution in [3.63, 3.8) is 0 Å². The fourth-order valence-corrected chi connectivity index (χ4v) is 4.52. The molecule has 30 heavy (non-hydrogen) atoms. The van der Waals surface area contributed by atoms with E-state index in [1.54, 1.807) is 7.11 Å². The Morgan fingerprint density at radius 3 is 2.67 bits per heavy atom. The first-order chi connectivity index (χ1) is 14.7. The van der Waals surface area contributed by atoms with E-state index in [1.807, 2.05) is 24.3 Å². The number of hydrogen-bond acceptors (Lipinski definition) is 7. The SMILES string of the molecule is CCN1CCN(c2cc(NCCOC)c3c4c(onc24)-c2ccccc2C3=O)CC1. The van der Waals surface area contributed by atoms with Gasteiger partial charge in [-0.15, -0.1) is 0 Å². The summed E-state index contributed by atoms with van der Waals surface area (Å²) in [6.45, 7) is 8.30. The zero-order valence-electron chi connectivity index (χ0n) is 17.4. The number of ketones is 1. The Balaban J connectivity index is 1.67. The summed E-state index contributed by atoms with van der Waals surface area (Å²) in [6, 6.07) is 9.66. The number of hydrogen-bond donors (Lipinski definition) is 1. The number of methoxy groups -OCH3 is 1. The zero-order valence-corrected chi connectivity index (χ0v) is 17.4. The molecule has 7 nitrogen and oxygen atoms in total. The largest absolute Gasteiger partial charge is 0.383 e. The van der Waals surface area contributed by atoms with E-state index in [1.165, 1.54) is 0 Å². The molecule has 0 amide bonds. The second-order valence-electron chi connectivity index (χ2n) is 7.77. The minimum absolute atomic E-state index is 0.00793. The number of ether oxygens (including phenoxy) is 1. The van der Waals surface area contributed by atoms with Crippen LogP contribution in [0, 0.1) is 0 Å². The fourth-order valence-electron chi connectivity index (χ4n) is 4.52. The molecule has 1 aliphatic heterocycles. The standard InChI is InChI=1S/C23H26N4O3/c1-3-26-9-11-27(12-10-26)18-14-17(24-8-13-29-2)19-20-21(18)25-30-23(20)16-7-5-4-6-15(16)22(19)28/h4-7,14,24H,3,8-13H2,1-2H3. The lowest BCUT2D eigenvalue weighted by molar-refractivity contribution is 0.104. The maximum atomic E-state index is 13.5. The Kier molecular flexibility index (Phi) is 4.92. The van der Waals surface area contributed by atoms with Crippen LogP contribution >= 0.6 is 0 Å². The average Bonchev–Trinajstić information content (AvgIpc) is 3.23. The van der Waals surface area contributed by atoms with E-state index in [-0.39, 0.29) is 5.78 Å². The topological polar surface area (TPSA) is 70.8 Å². The minimum atomic E-state index is 0.00793. The Bertz CT molecular complexity index is 1100. The van der Waals surface area contributed by atoms with Crippen molar-refractivity contribution in [3.8, 4) is 11.3 Å². The van der Waals surface area contributed by atoms with Gasteiger partial charge in [0, 0.05) is 56.6 Å². The molecule has 156 valence electrons. The molecule has 2 heterocycles. The zero-order chi connectivity index (χ0) is 20.7. The molecule has 5 rings (SSSR count). The molecule has 0 saturated carbocycles. The first kappa shape index (κ1) is 19.1. The minimum Gasteiger partial charge on any atom is -0.383 e. The molecule has 2 aromatic carbocycles.